The predicted octanol–water partition coefficient (Wildman–Crippen LogP) is 3.03. The summed E-state index contributed by atoms with van der Waals surface area (Å²) < 4.78 is 0. The fourth-order valence-corrected chi connectivity index (χ4v) is 2.99. The van der Waals surface area contributed by atoms with Gasteiger partial charge in [0.15, 0.2) is 5.78 Å². The third-order valence-corrected chi connectivity index (χ3v) is 4.52. The molecule has 2 aromatic rings. The zero-order chi connectivity index (χ0) is 21.2. The molecule has 2 aromatic carbocycles. The van der Waals surface area contributed by atoms with Crippen LogP contribution in [0.1, 0.15) is 42.6 Å². The third kappa shape index (κ3) is 7.50. The lowest BCUT2D eigenvalue weighted by Gasteiger charge is -2.22. The zero-order valence-electron chi connectivity index (χ0n) is 16.8. The smallest absolute Gasteiger partial charge is 0.326 e. The number of Topliss-reactive ketones (excluding diaryl/α,β-unsaturated/α-hetero) is 1. The van der Waals surface area contributed by atoms with Gasteiger partial charge < -0.3 is 15.7 Å². The molecule has 0 saturated carbocycles. The summed E-state index contributed by atoms with van der Waals surface area (Å²) in [4.78, 5) is 37.0. The molecule has 0 aliphatic heterocycles. The van der Waals surface area contributed by atoms with Crippen LogP contribution in [0.3, 0.4) is 0 Å². The lowest BCUT2D eigenvalue weighted by atomic mass is 10.0. The van der Waals surface area contributed by atoms with Crippen LogP contribution in [0.25, 0.3) is 0 Å². The minimum atomic E-state index is -1.08. The van der Waals surface area contributed by atoms with E-state index in [9.17, 15) is 19.5 Å². The van der Waals surface area contributed by atoms with Gasteiger partial charge in [0.1, 0.15) is 6.04 Å². The first-order valence-corrected chi connectivity index (χ1v) is 9.75. The van der Waals surface area contributed by atoms with Crippen LogP contribution in [0.4, 0.5) is 0 Å². The number of carboxylic acid groups (broad SMARTS) is 1. The Labute approximate surface area is 171 Å². The van der Waals surface area contributed by atoms with Crippen molar-refractivity contribution >= 4 is 17.7 Å². The number of carbonyl (C=O) groups excluding carboxylic acids is 2. The Hall–Kier alpha value is -2.99. The number of aliphatic carboxylic acids is 1. The van der Waals surface area contributed by atoms with Crippen LogP contribution >= 0.6 is 0 Å². The van der Waals surface area contributed by atoms with E-state index in [-0.39, 0.29) is 18.1 Å². The number of nitrogens with one attached hydrogen (secondary N) is 2. The molecule has 0 heterocycles. The van der Waals surface area contributed by atoms with Crippen LogP contribution in [-0.2, 0) is 16.1 Å². The van der Waals surface area contributed by atoms with Crippen LogP contribution in [0.5, 0.6) is 0 Å². The van der Waals surface area contributed by atoms with Gasteiger partial charge in [-0.3, -0.25) is 9.59 Å². The van der Waals surface area contributed by atoms with E-state index in [1.165, 1.54) is 0 Å². The van der Waals surface area contributed by atoms with E-state index in [1.807, 2.05) is 50.2 Å². The fourth-order valence-electron chi connectivity index (χ4n) is 2.99. The molecule has 6 heteroatoms. The number of carbonyl (C=O) groups is 3. The lowest BCUT2D eigenvalue weighted by molar-refractivity contribution is -0.142. The van der Waals surface area contributed by atoms with Gasteiger partial charge in [0.2, 0.25) is 5.91 Å². The van der Waals surface area contributed by atoms with E-state index in [0.717, 1.165) is 5.56 Å². The number of amides is 1. The van der Waals surface area contributed by atoms with Gasteiger partial charge in [-0.05, 0) is 17.9 Å². The maximum atomic E-state index is 12.8. The van der Waals surface area contributed by atoms with E-state index in [0.29, 0.717) is 18.5 Å². The predicted molar refractivity (Wildman–Crippen MR) is 111 cm³/mol. The quantitative estimate of drug-likeness (QED) is 0.508. The van der Waals surface area contributed by atoms with Crippen LogP contribution in [0, 0.1) is 5.92 Å². The van der Waals surface area contributed by atoms with Gasteiger partial charge in [-0.1, -0.05) is 74.5 Å². The van der Waals surface area contributed by atoms with Gasteiger partial charge in [0.05, 0.1) is 6.04 Å². The highest BCUT2D eigenvalue weighted by atomic mass is 16.4. The molecule has 0 unspecified atom stereocenters. The lowest BCUT2D eigenvalue weighted by Crippen LogP contribution is -2.51. The summed E-state index contributed by atoms with van der Waals surface area (Å²) in [6, 6.07) is 16.4. The Morgan fingerprint density at radius 1 is 0.897 bits per heavy atom. The number of ketones is 1. The van der Waals surface area contributed by atoms with Gasteiger partial charge in [-0.2, -0.15) is 0 Å². The number of rotatable bonds is 11. The van der Waals surface area contributed by atoms with Crippen molar-refractivity contribution in [2.24, 2.45) is 5.92 Å². The maximum absolute atomic E-state index is 12.8. The van der Waals surface area contributed by atoms with Gasteiger partial charge >= 0.3 is 5.97 Å². The van der Waals surface area contributed by atoms with Crippen molar-refractivity contribution in [3.8, 4) is 0 Å². The fraction of sp³-hybridized carbons (Fsp3) is 0.348. The number of hydrogen-bond donors (Lipinski definition) is 3. The molecule has 0 aliphatic rings. The molecule has 0 saturated heterocycles. The van der Waals surface area contributed by atoms with Crippen molar-refractivity contribution in [1.82, 2.24) is 10.6 Å². The van der Waals surface area contributed by atoms with Crippen LogP contribution in [0.15, 0.2) is 60.7 Å². The van der Waals surface area contributed by atoms with E-state index in [1.54, 1.807) is 24.3 Å². The second-order valence-corrected chi connectivity index (χ2v) is 7.44. The molecule has 1 amide bonds. The van der Waals surface area contributed by atoms with Crippen molar-refractivity contribution in [2.45, 2.75) is 45.3 Å². The number of carboxylic acids is 1. The number of hydrogen-bond acceptors (Lipinski definition) is 4. The zero-order valence-corrected chi connectivity index (χ0v) is 16.8. The van der Waals surface area contributed by atoms with Gasteiger partial charge in [-0.25, -0.2) is 4.79 Å². The normalized spacial score (nSPS) is 12.9. The largest absolute Gasteiger partial charge is 0.480 e. The first-order valence-electron chi connectivity index (χ1n) is 9.75. The molecule has 0 fully saturated rings. The van der Waals surface area contributed by atoms with Gasteiger partial charge in [-0.15, -0.1) is 0 Å². The highest BCUT2D eigenvalue weighted by molar-refractivity contribution is 6.00. The van der Waals surface area contributed by atoms with Gasteiger partial charge in [0.25, 0.3) is 0 Å². The van der Waals surface area contributed by atoms with E-state index < -0.39 is 24.0 Å². The molecular formula is C23H28N2O4. The van der Waals surface area contributed by atoms with Crippen LogP contribution in [0.2, 0.25) is 0 Å². The van der Waals surface area contributed by atoms with Crippen molar-refractivity contribution in [1.29, 1.82) is 0 Å². The molecule has 154 valence electrons. The molecule has 29 heavy (non-hydrogen) atoms. The van der Waals surface area contributed by atoms with Crippen LogP contribution in [-0.4, -0.2) is 34.8 Å². The molecule has 0 aromatic heterocycles. The Balaban J connectivity index is 2.12. The highest BCUT2D eigenvalue weighted by Crippen LogP contribution is 2.10. The van der Waals surface area contributed by atoms with Crippen molar-refractivity contribution in [3.05, 3.63) is 71.8 Å². The average molecular weight is 396 g/mol. The SMILES string of the molecule is CC(C)C[C@H](NC(=O)[C@H](CC(=O)c1ccccc1)NCc1ccccc1)C(=O)O. The molecule has 0 spiro atoms. The first-order chi connectivity index (χ1) is 13.9. The standard InChI is InChI=1S/C23H28N2O4/c1-16(2)13-20(23(28)29)25-22(27)19(24-15-17-9-5-3-6-10-17)14-21(26)18-11-7-4-8-12-18/h3-12,16,19-20,24H,13-15H2,1-2H3,(H,25,27)(H,28,29)/t19-,20-/m0/s1. The first kappa shape index (κ1) is 22.3. The topological polar surface area (TPSA) is 95.5 Å². The molecule has 0 aliphatic carbocycles. The van der Waals surface area contributed by atoms with Crippen molar-refractivity contribution < 1.29 is 19.5 Å². The molecule has 0 radical (unpaired) electrons. The van der Waals surface area contributed by atoms with E-state index in [4.69, 9.17) is 0 Å². The average Bonchev–Trinajstić information content (AvgIpc) is 2.71. The molecular weight excluding hydrogens is 368 g/mol. The summed E-state index contributed by atoms with van der Waals surface area (Å²) in [5, 5.41) is 15.1. The minimum Gasteiger partial charge on any atom is -0.480 e. The summed E-state index contributed by atoms with van der Waals surface area (Å²) in [6.07, 6.45) is 0.260. The van der Waals surface area contributed by atoms with E-state index >= 15 is 0 Å². The van der Waals surface area contributed by atoms with Crippen molar-refractivity contribution in [2.75, 3.05) is 0 Å². The Morgan fingerprint density at radius 2 is 1.48 bits per heavy atom. The summed E-state index contributed by atoms with van der Waals surface area (Å²) in [5.41, 5.74) is 1.48. The second-order valence-electron chi connectivity index (χ2n) is 7.44. The summed E-state index contributed by atoms with van der Waals surface area (Å²) >= 11 is 0. The monoisotopic (exact) mass is 396 g/mol. The Morgan fingerprint density at radius 3 is 2.03 bits per heavy atom. The summed E-state index contributed by atoms with van der Waals surface area (Å²) in [6.45, 7) is 4.18. The Kier molecular flexibility index (Phi) is 8.55. The number of benzene rings is 2. The van der Waals surface area contributed by atoms with Crippen LogP contribution < -0.4 is 10.6 Å². The molecule has 0 bridgehead atoms. The second kappa shape index (κ2) is 11.1. The summed E-state index contributed by atoms with van der Waals surface area (Å²) in [5.74, 6) is -1.64. The summed E-state index contributed by atoms with van der Waals surface area (Å²) in [7, 11) is 0. The molecule has 2 atom stereocenters. The molecule has 2 rings (SSSR count). The van der Waals surface area contributed by atoms with Gasteiger partial charge in [0, 0.05) is 18.5 Å². The molecule has 6 nitrogen and oxygen atoms in total. The molecule has 3 N–H and O–H groups in total. The highest BCUT2D eigenvalue weighted by Gasteiger charge is 2.27. The van der Waals surface area contributed by atoms with Crippen molar-refractivity contribution in [3.63, 3.8) is 0 Å². The van der Waals surface area contributed by atoms with E-state index in [2.05, 4.69) is 10.6 Å². The Bertz CT molecular complexity index is 806. The maximum Gasteiger partial charge on any atom is 0.326 e. The minimum absolute atomic E-state index is 0.0588. The third-order valence-electron chi connectivity index (χ3n) is 4.52.